The maximum atomic E-state index is 9.84. The molecule has 0 saturated heterocycles. The molecule has 0 atom stereocenters. The number of nitro groups is 2. The van der Waals surface area contributed by atoms with Gasteiger partial charge >= 0.3 is 67.6 Å². The Bertz CT molecular complexity index is 174. The Labute approximate surface area is 67.6 Å². The van der Waals surface area contributed by atoms with E-state index in [-0.39, 0.29) is 0 Å². The fourth-order valence-electron chi connectivity index (χ4n) is 0.0422. The average Bonchev–Trinajstić information content (AvgIpc) is 1.63. The van der Waals surface area contributed by atoms with Crippen molar-refractivity contribution in [3.63, 3.8) is 0 Å². The number of rotatable bonds is 2. The average molecular weight is 393 g/mol. The van der Waals surface area contributed by atoms with Crippen LogP contribution in [0.1, 0.15) is 0 Å². The molecule has 0 amide bonds. The first kappa shape index (κ1) is 10.4. The van der Waals surface area contributed by atoms with Crippen molar-refractivity contribution in [2.24, 2.45) is 0 Å². The van der Waals surface area contributed by atoms with Crippen LogP contribution in [0.2, 0.25) is 0 Å². The van der Waals surface area contributed by atoms with E-state index in [1.165, 1.54) is 0 Å². The second-order valence-electron chi connectivity index (χ2n) is 0.899. The molecular formula is Cl3N2O4Pt. The molecule has 0 unspecified atom stereocenters. The molecule has 0 aromatic heterocycles. The van der Waals surface area contributed by atoms with Crippen molar-refractivity contribution in [3.8, 4) is 0 Å². The van der Waals surface area contributed by atoms with Gasteiger partial charge in [0.25, 0.3) is 0 Å². The van der Waals surface area contributed by atoms with Crippen LogP contribution in [-0.4, -0.2) is 6.96 Å². The van der Waals surface area contributed by atoms with Crippen LogP contribution < -0.4 is 0 Å². The first-order chi connectivity index (χ1) is 4.17. The van der Waals surface area contributed by atoms with Gasteiger partial charge in [0.05, 0.1) is 0 Å². The number of halogens is 3. The molecule has 0 saturated carbocycles. The van der Waals surface area contributed by atoms with Crippen molar-refractivity contribution in [1.82, 2.24) is 0 Å². The van der Waals surface area contributed by atoms with Gasteiger partial charge in [0.1, 0.15) is 0 Å². The minimum atomic E-state index is -6.06. The normalized spacial score (nSPS) is 15.3. The summed E-state index contributed by atoms with van der Waals surface area (Å²) in [6, 6.07) is 0. The van der Waals surface area contributed by atoms with E-state index in [9.17, 15) is 20.2 Å². The molecule has 0 aromatic carbocycles. The van der Waals surface area contributed by atoms with E-state index in [1.807, 2.05) is 0 Å². The van der Waals surface area contributed by atoms with E-state index >= 15 is 0 Å². The number of hydrogen-bond acceptors (Lipinski definition) is 4. The van der Waals surface area contributed by atoms with Gasteiger partial charge in [-0.2, -0.15) is 0 Å². The molecule has 0 rings (SSSR count). The summed E-state index contributed by atoms with van der Waals surface area (Å²) in [7, 11) is 14.3. The third-order valence-electron chi connectivity index (χ3n) is 0.365. The van der Waals surface area contributed by atoms with Crippen LogP contribution in [0, 0.1) is 20.2 Å². The van der Waals surface area contributed by atoms with E-state index < -0.39 is 19.2 Å². The summed E-state index contributed by atoms with van der Waals surface area (Å²) in [5.74, 6) is 0. The third-order valence-corrected chi connectivity index (χ3v) is 7.28. The SMILES string of the molecule is O=[N+]([O-])[Pt]([Cl])([Cl])([Cl])[N+](=O)[O-]. The van der Waals surface area contributed by atoms with Crippen LogP contribution >= 0.6 is 28.3 Å². The second kappa shape index (κ2) is 2.44. The zero-order valence-corrected chi connectivity index (χ0v) is 8.52. The third kappa shape index (κ3) is 1.69. The van der Waals surface area contributed by atoms with Gasteiger partial charge < -0.3 is 0 Å². The molecular weight excluding hydrogens is 393 g/mol. The molecule has 65 valence electrons. The fraction of sp³-hybridized carbons (Fsp3) is 0. The summed E-state index contributed by atoms with van der Waals surface area (Å²) in [6.45, 7) is 0. The van der Waals surface area contributed by atoms with E-state index in [4.69, 9.17) is 28.3 Å². The van der Waals surface area contributed by atoms with Crippen molar-refractivity contribution in [1.29, 1.82) is 0 Å². The summed E-state index contributed by atoms with van der Waals surface area (Å²) in [5.41, 5.74) is 0. The van der Waals surface area contributed by atoms with Crippen LogP contribution in [0.5, 0.6) is 0 Å². The molecule has 6 nitrogen and oxygen atoms in total. The van der Waals surface area contributed by atoms with E-state index in [0.29, 0.717) is 0 Å². The molecule has 0 aliphatic rings. The Morgan fingerprint density at radius 2 is 1.20 bits per heavy atom. The first-order valence-electron chi connectivity index (χ1n) is 1.37. The predicted octanol–water partition coefficient (Wildman–Crippen LogP) is 1.52. The Morgan fingerprint density at radius 1 is 1.00 bits per heavy atom. The predicted molar refractivity (Wildman–Crippen MR) is 31.5 cm³/mol. The van der Waals surface area contributed by atoms with Crippen molar-refractivity contribution >= 4 is 28.3 Å². The van der Waals surface area contributed by atoms with Crippen molar-refractivity contribution in [2.75, 3.05) is 0 Å². The van der Waals surface area contributed by atoms with Gasteiger partial charge in [0.2, 0.25) is 0 Å². The van der Waals surface area contributed by atoms with Gasteiger partial charge in [-0.1, -0.05) is 0 Å². The molecule has 0 aliphatic carbocycles. The molecule has 0 radical (unpaired) electrons. The van der Waals surface area contributed by atoms with Gasteiger partial charge in [-0.3, -0.25) is 0 Å². The minimum absolute atomic E-state index is 1.43. The Hall–Kier alpha value is 0.358. The van der Waals surface area contributed by atoms with Gasteiger partial charge in [0, 0.05) is 0 Å². The van der Waals surface area contributed by atoms with E-state index in [0.717, 1.165) is 0 Å². The first-order valence-corrected chi connectivity index (χ1v) is 11.9. The fourth-order valence-corrected chi connectivity index (χ4v) is 0.345. The standard InChI is InChI=1S/3ClH.2NO2.Pt/c;;;2*2-1-3;/h3*1H;;;/q;;;;;+3/p-3. The Balaban J connectivity index is 4.97. The molecule has 0 heterocycles. The number of hydrogen-bond donors (Lipinski definition) is 0. The van der Waals surface area contributed by atoms with E-state index in [2.05, 4.69) is 0 Å². The van der Waals surface area contributed by atoms with Crippen molar-refractivity contribution in [3.05, 3.63) is 20.2 Å². The summed E-state index contributed by atoms with van der Waals surface area (Å²) in [4.78, 5) is 19.7. The molecule has 10 heavy (non-hydrogen) atoms. The zero-order chi connectivity index (χ0) is 8.60. The van der Waals surface area contributed by atoms with Crippen LogP contribution in [0.15, 0.2) is 0 Å². The zero-order valence-electron chi connectivity index (χ0n) is 3.98. The quantitative estimate of drug-likeness (QED) is 0.526. The van der Waals surface area contributed by atoms with Gasteiger partial charge in [-0.05, 0) is 0 Å². The molecule has 0 aliphatic heterocycles. The van der Waals surface area contributed by atoms with Crippen LogP contribution in [-0.2, 0) is 12.2 Å². The monoisotopic (exact) mass is 392 g/mol. The van der Waals surface area contributed by atoms with Crippen molar-refractivity contribution < 1.29 is 19.2 Å². The Kier molecular flexibility index (Phi) is 2.53. The molecule has 0 aromatic rings. The summed E-state index contributed by atoms with van der Waals surface area (Å²) >= 11 is -6.06. The molecule has 0 spiro atoms. The number of nitrogens with zero attached hydrogens (tertiary/aromatic N) is 2. The molecule has 10 heteroatoms. The van der Waals surface area contributed by atoms with Crippen LogP contribution in [0.4, 0.5) is 0 Å². The maximum absolute atomic E-state index is 9.84. The topological polar surface area (TPSA) is 86.3 Å². The summed E-state index contributed by atoms with van der Waals surface area (Å²) in [5, 5.41) is 19.7. The van der Waals surface area contributed by atoms with Crippen molar-refractivity contribution in [2.45, 2.75) is 0 Å². The Morgan fingerprint density at radius 3 is 1.20 bits per heavy atom. The molecule has 0 bridgehead atoms. The molecule has 0 fully saturated rings. The van der Waals surface area contributed by atoms with Crippen LogP contribution in [0.25, 0.3) is 0 Å². The second-order valence-corrected chi connectivity index (χ2v) is 20.4. The van der Waals surface area contributed by atoms with Gasteiger partial charge in [-0.15, -0.1) is 0 Å². The summed E-state index contributed by atoms with van der Waals surface area (Å²) < 4.78 is -2.87. The van der Waals surface area contributed by atoms with Gasteiger partial charge in [0.15, 0.2) is 0 Å². The molecule has 0 N–H and O–H groups in total. The summed E-state index contributed by atoms with van der Waals surface area (Å²) in [6.07, 6.45) is 0. The van der Waals surface area contributed by atoms with E-state index in [1.54, 1.807) is 0 Å². The van der Waals surface area contributed by atoms with Gasteiger partial charge in [-0.25, -0.2) is 0 Å². The van der Waals surface area contributed by atoms with Crippen LogP contribution in [0.3, 0.4) is 0 Å².